The van der Waals surface area contributed by atoms with E-state index in [0.717, 1.165) is 45.2 Å². The fourth-order valence-electron chi connectivity index (χ4n) is 4.25. The van der Waals surface area contributed by atoms with E-state index in [1.54, 1.807) is 24.3 Å². The molecule has 0 unspecified atom stereocenters. The van der Waals surface area contributed by atoms with Crippen LogP contribution in [0.2, 0.25) is 0 Å². The second-order valence-corrected chi connectivity index (χ2v) is 10.1. The number of phenols is 2. The van der Waals surface area contributed by atoms with E-state index < -0.39 is 0 Å². The SMILES string of the molecule is CC(C)(C)Nc1c(Cc2ccc(O)cc2)nc2c(Cc3ccccc3)nc(-c3ccc(O)cc3)cn12. The minimum Gasteiger partial charge on any atom is -0.508 e. The first-order valence-electron chi connectivity index (χ1n) is 12.1. The third-order valence-corrected chi connectivity index (χ3v) is 5.93. The summed E-state index contributed by atoms with van der Waals surface area (Å²) in [5.74, 6) is 1.38. The Morgan fingerprint density at radius 1 is 0.722 bits per heavy atom. The Kier molecular flexibility index (Phi) is 6.10. The zero-order valence-corrected chi connectivity index (χ0v) is 20.7. The molecular formula is C30H30N4O2. The van der Waals surface area contributed by atoms with Crippen molar-refractivity contribution in [2.75, 3.05) is 5.32 Å². The van der Waals surface area contributed by atoms with E-state index in [0.29, 0.717) is 12.8 Å². The number of aromatic nitrogens is 3. The lowest BCUT2D eigenvalue weighted by atomic mass is 10.1. The average molecular weight is 479 g/mol. The van der Waals surface area contributed by atoms with Gasteiger partial charge in [-0.2, -0.15) is 0 Å². The highest BCUT2D eigenvalue weighted by molar-refractivity contribution is 5.66. The highest BCUT2D eigenvalue weighted by Gasteiger charge is 2.22. The fourth-order valence-corrected chi connectivity index (χ4v) is 4.25. The van der Waals surface area contributed by atoms with Crippen molar-refractivity contribution in [3.05, 3.63) is 108 Å². The molecule has 0 saturated heterocycles. The monoisotopic (exact) mass is 478 g/mol. The van der Waals surface area contributed by atoms with Crippen LogP contribution in [0.15, 0.2) is 85.1 Å². The lowest BCUT2D eigenvalue weighted by molar-refractivity contribution is 0.474. The number of fused-ring (bicyclic) bond motifs is 1. The van der Waals surface area contributed by atoms with Crippen LogP contribution in [0.5, 0.6) is 11.5 Å². The van der Waals surface area contributed by atoms with Crippen LogP contribution >= 0.6 is 0 Å². The van der Waals surface area contributed by atoms with Crippen molar-refractivity contribution in [1.29, 1.82) is 0 Å². The topological polar surface area (TPSA) is 82.7 Å². The van der Waals surface area contributed by atoms with Gasteiger partial charge in [-0.15, -0.1) is 0 Å². The predicted octanol–water partition coefficient (Wildman–Crippen LogP) is 6.20. The van der Waals surface area contributed by atoms with Gasteiger partial charge in [-0.05, 0) is 68.3 Å². The molecule has 6 heteroatoms. The first kappa shape index (κ1) is 23.4. The Morgan fingerprint density at radius 3 is 1.94 bits per heavy atom. The van der Waals surface area contributed by atoms with Crippen LogP contribution in [0.25, 0.3) is 16.9 Å². The highest BCUT2D eigenvalue weighted by atomic mass is 16.3. The summed E-state index contributed by atoms with van der Waals surface area (Å²) in [5, 5.41) is 23.2. The molecule has 0 spiro atoms. The molecule has 0 amide bonds. The second-order valence-electron chi connectivity index (χ2n) is 10.1. The Labute approximate surface area is 210 Å². The van der Waals surface area contributed by atoms with Gasteiger partial charge in [0, 0.05) is 30.1 Å². The average Bonchev–Trinajstić information content (AvgIpc) is 3.17. The van der Waals surface area contributed by atoms with Crippen molar-refractivity contribution in [2.45, 2.75) is 39.2 Å². The van der Waals surface area contributed by atoms with Crippen molar-refractivity contribution in [1.82, 2.24) is 14.4 Å². The summed E-state index contributed by atoms with van der Waals surface area (Å²) in [4.78, 5) is 10.1. The predicted molar refractivity (Wildman–Crippen MR) is 144 cm³/mol. The smallest absolute Gasteiger partial charge is 0.160 e. The zero-order valence-electron chi connectivity index (χ0n) is 20.7. The largest absolute Gasteiger partial charge is 0.508 e. The Morgan fingerprint density at radius 2 is 1.31 bits per heavy atom. The summed E-state index contributed by atoms with van der Waals surface area (Å²) in [6.07, 6.45) is 3.26. The van der Waals surface area contributed by atoms with Gasteiger partial charge in [0.25, 0.3) is 0 Å². The number of anilines is 1. The summed E-state index contributed by atoms with van der Waals surface area (Å²) >= 11 is 0. The molecule has 3 N–H and O–H groups in total. The molecule has 2 aromatic heterocycles. The molecule has 0 aliphatic heterocycles. The van der Waals surface area contributed by atoms with Crippen LogP contribution in [-0.4, -0.2) is 30.1 Å². The molecule has 0 atom stereocenters. The van der Waals surface area contributed by atoms with Gasteiger partial charge < -0.3 is 15.5 Å². The number of hydrogen-bond donors (Lipinski definition) is 3. The maximum atomic E-state index is 9.80. The normalized spacial score (nSPS) is 11.6. The molecule has 0 saturated carbocycles. The molecule has 0 fully saturated rings. The summed E-state index contributed by atoms with van der Waals surface area (Å²) in [6, 6.07) is 24.6. The minimum absolute atomic E-state index is 0.193. The standard InChI is InChI=1S/C30H30N4O2/c1-30(2,3)33-29-26(18-21-9-13-23(35)14-10-21)32-28-25(17-20-7-5-4-6-8-20)31-27(19-34(28)29)22-11-15-24(36)16-12-22/h4-16,19,33,35-36H,17-18H2,1-3H3. The van der Waals surface area contributed by atoms with Crippen LogP contribution in [0.1, 0.15) is 43.3 Å². The van der Waals surface area contributed by atoms with Crippen molar-refractivity contribution >= 4 is 11.5 Å². The van der Waals surface area contributed by atoms with E-state index in [4.69, 9.17) is 9.97 Å². The van der Waals surface area contributed by atoms with Crippen LogP contribution < -0.4 is 5.32 Å². The van der Waals surface area contributed by atoms with Gasteiger partial charge in [-0.3, -0.25) is 4.40 Å². The van der Waals surface area contributed by atoms with Gasteiger partial charge in [-0.1, -0.05) is 42.5 Å². The van der Waals surface area contributed by atoms with Crippen molar-refractivity contribution in [3.63, 3.8) is 0 Å². The Hall–Kier alpha value is -4.32. The number of rotatable bonds is 6. The highest BCUT2D eigenvalue weighted by Crippen LogP contribution is 2.30. The van der Waals surface area contributed by atoms with Crippen molar-refractivity contribution in [3.8, 4) is 22.8 Å². The number of imidazole rings is 1. The molecule has 182 valence electrons. The number of aromatic hydroxyl groups is 2. The van der Waals surface area contributed by atoms with E-state index in [1.165, 1.54) is 0 Å². The van der Waals surface area contributed by atoms with Crippen LogP contribution in [0.3, 0.4) is 0 Å². The van der Waals surface area contributed by atoms with Crippen LogP contribution in [0, 0.1) is 0 Å². The molecule has 3 aromatic carbocycles. The molecule has 0 radical (unpaired) electrons. The molecule has 6 nitrogen and oxygen atoms in total. The quantitative estimate of drug-likeness (QED) is 0.271. The van der Waals surface area contributed by atoms with Crippen LogP contribution in [0.4, 0.5) is 5.82 Å². The van der Waals surface area contributed by atoms with E-state index >= 15 is 0 Å². The van der Waals surface area contributed by atoms with E-state index in [2.05, 4.69) is 42.6 Å². The number of nitrogens with zero attached hydrogens (tertiary/aromatic N) is 3. The first-order chi connectivity index (χ1) is 17.2. The third kappa shape index (κ3) is 5.18. The van der Waals surface area contributed by atoms with Gasteiger partial charge in [-0.25, -0.2) is 9.97 Å². The lowest BCUT2D eigenvalue weighted by Gasteiger charge is -2.23. The summed E-state index contributed by atoms with van der Waals surface area (Å²) in [7, 11) is 0. The van der Waals surface area contributed by atoms with E-state index in [9.17, 15) is 10.2 Å². The third-order valence-electron chi connectivity index (χ3n) is 5.93. The molecule has 2 heterocycles. The second kappa shape index (κ2) is 9.38. The van der Waals surface area contributed by atoms with Crippen molar-refractivity contribution < 1.29 is 10.2 Å². The number of hydrogen-bond acceptors (Lipinski definition) is 5. The zero-order chi connectivity index (χ0) is 25.3. The summed E-state index contributed by atoms with van der Waals surface area (Å²) in [6.45, 7) is 6.39. The molecule has 0 aliphatic rings. The van der Waals surface area contributed by atoms with E-state index in [-0.39, 0.29) is 17.0 Å². The van der Waals surface area contributed by atoms with Gasteiger partial charge in [0.05, 0.1) is 17.1 Å². The first-order valence-corrected chi connectivity index (χ1v) is 12.1. The molecule has 36 heavy (non-hydrogen) atoms. The Balaban J connectivity index is 1.71. The number of phenolic OH excluding ortho intramolecular Hbond substituents is 2. The van der Waals surface area contributed by atoms with Gasteiger partial charge >= 0.3 is 0 Å². The molecule has 0 aliphatic carbocycles. The number of nitrogens with one attached hydrogen (secondary N) is 1. The van der Waals surface area contributed by atoms with Gasteiger partial charge in [0.1, 0.15) is 17.3 Å². The number of benzene rings is 3. The minimum atomic E-state index is -0.193. The lowest BCUT2D eigenvalue weighted by Crippen LogP contribution is -2.27. The maximum absolute atomic E-state index is 9.80. The van der Waals surface area contributed by atoms with Gasteiger partial charge in [0.2, 0.25) is 0 Å². The molecular weight excluding hydrogens is 448 g/mol. The Bertz CT molecular complexity index is 1480. The van der Waals surface area contributed by atoms with Crippen molar-refractivity contribution in [2.24, 2.45) is 0 Å². The summed E-state index contributed by atoms with van der Waals surface area (Å²) < 4.78 is 2.11. The molecule has 0 bridgehead atoms. The van der Waals surface area contributed by atoms with Crippen LogP contribution in [-0.2, 0) is 12.8 Å². The maximum Gasteiger partial charge on any atom is 0.160 e. The fraction of sp³-hybridized carbons (Fsp3) is 0.200. The molecule has 5 rings (SSSR count). The van der Waals surface area contributed by atoms with E-state index in [1.807, 2.05) is 48.7 Å². The summed E-state index contributed by atoms with van der Waals surface area (Å²) in [5.41, 5.74) is 6.34. The molecule has 5 aromatic rings. The van der Waals surface area contributed by atoms with Gasteiger partial charge in [0.15, 0.2) is 5.65 Å².